The molecular weight excluding hydrogens is 280 g/mol. The van der Waals surface area contributed by atoms with Gasteiger partial charge >= 0.3 is 0 Å². The second-order valence-corrected chi connectivity index (χ2v) is 8.09. The highest BCUT2D eigenvalue weighted by atomic mass is 32.1. The molecule has 0 saturated carbocycles. The van der Waals surface area contributed by atoms with Crippen LogP contribution >= 0.6 is 11.3 Å². The quantitative estimate of drug-likeness (QED) is 0.728. The first-order chi connectivity index (χ1) is 9.72. The highest BCUT2D eigenvalue weighted by Crippen LogP contribution is 2.35. The van der Waals surface area contributed by atoms with Crippen molar-refractivity contribution in [3.8, 4) is 0 Å². The van der Waals surface area contributed by atoms with Gasteiger partial charge in [0.15, 0.2) is 5.89 Å². The highest BCUT2D eigenvalue weighted by molar-refractivity contribution is 7.07. The number of rotatable bonds is 6. The second kappa shape index (κ2) is 5.91. The van der Waals surface area contributed by atoms with E-state index in [1.54, 1.807) is 17.6 Å². The largest absolute Gasteiger partial charge is 0.448 e. The highest BCUT2D eigenvalue weighted by Gasteiger charge is 2.31. The van der Waals surface area contributed by atoms with E-state index < -0.39 is 0 Å². The van der Waals surface area contributed by atoms with Crippen LogP contribution < -0.4 is 0 Å². The van der Waals surface area contributed by atoms with E-state index in [9.17, 15) is 0 Å². The van der Waals surface area contributed by atoms with E-state index in [0.29, 0.717) is 5.92 Å². The molecule has 0 aliphatic heterocycles. The average Bonchev–Trinajstić information content (AvgIpc) is 3.07. The number of hydrogen-bond donors (Lipinski definition) is 0. The van der Waals surface area contributed by atoms with Gasteiger partial charge in [0.1, 0.15) is 6.26 Å². The predicted molar refractivity (Wildman–Crippen MR) is 88.0 cm³/mol. The Morgan fingerprint density at radius 2 is 1.81 bits per heavy atom. The molecule has 0 radical (unpaired) electrons. The summed E-state index contributed by atoms with van der Waals surface area (Å²) in [6.07, 6.45) is 3.88. The van der Waals surface area contributed by atoms with Crippen LogP contribution in [0.1, 0.15) is 77.6 Å². The predicted octanol–water partition coefficient (Wildman–Crippen LogP) is 5.29. The fourth-order valence-corrected chi connectivity index (χ4v) is 3.01. The fourth-order valence-electron chi connectivity index (χ4n) is 2.27. The van der Waals surface area contributed by atoms with Crippen LogP contribution in [0, 0.1) is 0 Å². The minimum Gasteiger partial charge on any atom is -0.448 e. The molecule has 2 aromatic heterocycles. The summed E-state index contributed by atoms with van der Waals surface area (Å²) >= 11 is 1.66. The van der Waals surface area contributed by atoms with Gasteiger partial charge in [-0.2, -0.15) is 0 Å². The second-order valence-electron chi connectivity index (χ2n) is 7.37. The third-order valence-corrected chi connectivity index (χ3v) is 4.78. The van der Waals surface area contributed by atoms with Crippen LogP contribution in [0.15, 0.2) is 21.6 Å². The Labute approximate surface area is 131 Å². The lowest BCUT2D eigenvalue weighted by Gasteiger charge is -2.28. The molecule has 2 aromatic rings. The zero-order valence-corrected chi connectivity index (χ0v) is 14.8. The molecule has 2 heterocycles. The van der Waals surface area contributed by atoms with Gasteiger partial charge in [-0.15, -0.1) is 11.3 Å². The topological polar surface area (TPSA) is 38.9 Å². The van der Waals surface area contributed by atoms with Crippen molar-refractivity contribution in [3.63, 3.8) is 0 Å². The Balaban J connectivity index is 2.06. The van der Waals surface area contributed by atoms with Crippen molar-refractivity contribution in [3.05, 3.63) is 34.4 Å². The molecule has 0 spiro atoms. The summed E-state index contributed by atoms with van der Waals surface area (Å²) < 4.78 is 5.72. The van der Waals surface area contributed by atoms with E-state index in [4.69, 9.17) is 4.42 Å². The van der Waals surface area contributed by atoms with Gasteiger partial charge in [0.2, 0.25) is 0 Å². The molecule has 116 valence electrons. The Kier molecular flexibility index (Phi) is 4.57. The lowest BCUT2D eigenvalue weighted by atomic mass is 9.77. The van der Waals surface area contributed by atoms with E-state index in [0.717, 1.165) is 24.4 Å². The van der Waals surface area contributed by atoms with E-state index in [1.165, 1.54) is 5.69 Å². The zero-order valence-electron chi connectivity index (χ0n) is 13.9. The van der Waals surface area contributed by atoms with Gasteiger partial charge in [-0.05, 0) is 18.8 Å². The summed E-state index contributed by atoms with van der Waals surface area (Å²) in [5, 5.41) is 2.15. The molecule has 0 bridgehead atoms. The minimum absolute atomic E-state index is 0.0551. The smallest absolute Gasteiger partial charge is 0.199 e. The summed E-state index contributed by atoms with van der Waals surface area (Å²) in [6.45, 7) is 13.2. The maximum atomic E-state index is 5.72. The lowest BCUT2D eigenvalue weighted by Crippen LogP contribution is -2.25. The average molecular weight is 306 g/mol. The molecule has 2 rings (SSSR count). The van der Waals surface area contributed by atoms with Crippen molar-refractivity contribution in [1.29, 1.82) is 0 Å². The van der Waals surface area contributed by atoms with Crippen molar-refractivity contribution in [1.82, 2.24) is 9.97 Å². The zero-order chi connectivity index (χ0) is 15.7. The first-order valence-corrected chi connectivity index (χ1v) is 8.51. The normalized spacial score (nSPS) is 13.1. The van der Waals surface area contributed by atoms with E-state index >= 15 is 0 Å². The van der Waals surface area contributed by atoms with Crippen molar-refractivity contribution < 1.29 is 4.42 Å². The number of aromatic nitrogens is 2. The standard InChI is InChI=1S/C17H26N2OS/c1-12(2)13-9-20-15(19-13)17(5,6)8-7-16(3,4)14-10-21-11-18-14/h9-12H,7-8H2,1-6H3. The Bertz CT molecular complexity index is 567. The van der Waals surface area contributed by atoms with Crippen LogP contribution in [0.4, 0.5) is 0 Å². The van der Waals surface area contributed by atoms with Gasteiger partial charge in [0.25, 0.3) is 0 Å². The molecule has 0 aliphatic carbocycles. The monoisotopic (exact) mass is 306 g/mol. The summed E-state index contributed by atoms with van der Waals surface area (Å²) in [5.41, 5.74) is 4.16. The minimum atomic E-state index is -0.0551. The van der Waals surface area contributed by atoms with E-state index in [1.807, 2.05) is 5.51 Å². The van der Waals surface area contributed by atoms with Crippen LogP contribution in [-0.2, 0) is 10.8 Å². The Hall–Kier alpha value is -1.16. The van der Waals surface area contributed by atoms with Gasteiger partial charge in [0.05, 0.1) is 16.9 Å². The van der Waals surface area contributed by atoms with E-state index in [-0.39, 0.29) is 10.8 Å². The van der Waals surface area contributed by atoms with Crippen molar-refractivity contribution in [2.24, 2.45) is 0 Å². The lowest BCUT2D eigenvalue weighted by molar-refractivity contribution is 0.309. The first-order valence-electron chi connectivity index (χ1n) is 7.57. The molecule has 0 amide bonds. The first kappa shape index (κ1) is 16.2. The van der Waals surface area contributed by atoms with Crippen LogP contribution in [-0.4, -0.2) is 9.97 Å². The number of thiazole rings is 1. The summed E-state index contributed by atoms with van der Waals surface area (Å²) in [6, 6.07) is 0. The molecule has 4 heteroatoms. The summed E-state index contributed by atoms with van der Waals surface area (Å²) in [7, 11) is 0. The maximum Gasteiger partial charge on any atom is 0.199 e. The molecule has 0 fully saturated rings. The third-order valence-electron chi connectivity index (χ3n) is 4.19. The van der Waals surface area contributed by atoms with Crippen LogP contribution in [0.25, 0.3) is 0 Å². The number of hydrogen-bond acceptors (Lipinski definition) is 4. The molecule has 0 aliphatic rings. The van der Waals surface area contributed by atoms with Crippen molar-refractivity contribution in [2.75, 3.05) is 0 Å². The SMILES string of the molecule is CC(C)c1coc(C(C)(C)CCC(C)(C)c2cscn2)n1. The Morgan fingerprint density at radius 3 is 2.33 bits per heavy atom. The third kappa shape index (κ3) is 3.73. The molecular formula is C17H26N2OS. The molecule has 21 heavy (non-hydrogen) atoms. The van der Waals surface area contributed by atoms with E-state index in [2.05, 4.69) is 56.9 Å². The van der Waals surface area contributed by atoms with Gasteiger partial charge < -0.3 is 4.42 Å². The number of oxazole rings is 1. The van der Waals surface area contributed by atoms with Gasteiger partial charge in [-0.3, -0.25) is 0 Å². The molecule has 3 nitrogen and oxygen atoms in total. The van der Waals surface area contributed by atoms with Gasteiger partial charge in [-0.25, -0.2) is 9.97 Å². The molecule has 0 aromatic carbocycles. The molecule has 0 atom stereocenters. The van der Waals surface area contributed by atoms with Crippen molar-refractivity contribution in [2.45, 2.75) is 71.1 Å². The van der Waals surface area contributed by atoms with Gasteiger partial charge in [0, 0.05) is 16.2 Å². The van der Waals surface area contributed by atoms with Crippen molar-refractivity contribution >= 4 is 11.3 Å². The van der Waals surface area contributed by atoms with Crippen LogP contribution in [0.5, 0.6) is 0 Å². The molecule has 0 unspecified atom stereocenters. The molecule has 0 saturated heterocycles. The van der Waals surface area contributed by atoms with Crippen LogP contribution in [0.2, 0.25) is 0 Å². The van der Waals surface area contributed by atoms with Gasteiger partial charge in [-0.1, -0.05) is 41.5 Å². The molecule has 0 N–H and O–H groups in total. The fraction of sp³-hybridized carbons (Fsp3) is 0.647. The Morgan fingerprint density at radius 1 is 1.14 bits per heavy atom. The van der Waals surface area contributed by atoms with Crippen LogP contribution in [0.3, 0.4) is 0 Å². The summed E-state index contributed by atoms with van der Waals surface area (Å²) in [5.74, 6) is 1.25. The number of nitrogens with zero attached hydrogens (tertiary/aromatic N) is 2. The summed E-state index contributed by atoms with van der Waals surface area (Å²) in [4.78, 5) is 9.13. The maximum absolute atomic E-state index is 5.72.